The van der Waals surface area contributed by atoms with Crippen molar-refractivity contribution in [3.8, 4) is 11.5 Å². The first-order chi connectivity index (χ1) is 12.6. The molecule has 0 bridgehead atoms. The van der Waals surface area contributed by atoms with Crippen molar-refractivity contribution in [2.75, 3.05) is 13.7 Å². The molecule has 26 heavy (non-hydrogen) atoms. The summed E-state index contributed by atoms with van der Waals surface area (Å²) in [6, 6.07) is 13.7. The van der Waals surface area contributed by atoms with Crippen LogP contribution in [0.2, 0.25) is 0 Å². The quantitative estimate of drug-likeness (QED) is 0.660. The van der Waals surface area contributed by atoms with Gasteiger partial charge in [0.05, 0.1) is 13.7 Å². The Morgan fingerprint density at radius 1 is 1.08 bits per heavy atom. The van der Waals surface area contributed by atoms with Gasteiger partial charge in [-0.05, 0) is 54.5 Å². The summed E-state index contributed by atoms with van der Waals surface area (Å²) in [5.74, 6) is 2.18. The predicted octanol–water partition coefficient (Wildman–Crippen LogP) is 5.33. The lowest BCUT2D eigenvalue weighted by atomic mass is 9.86. The number of allylic oxidation sites excluding steroid dienone is 1. The minimum Gasteiger partial charge on any atom is -0.493 e. The van der Waals surface area contributed by atoms with Crippen LogP contribution in [0.5, 0.6) is 11.5 Å². The number of aryl methyl sites for hydroxylation is 1. The lowest BCUT2D eigenvalue weighted by Gasteiger charge is -2.17. The molecule has 3 nitrogen and oxygen atoms in total. The average molecular weight is 350 g/mol. The normalized spacial score (nSPS) is 15.2. The monoisotopic (exact) mass is 350 g/mol. The van der Waals surface area contributed by atoms with E-state index in [0.29, 0.717) is 18.3 Å². The molecule has 0 amide bonds. The number of carbonyl (C=O) groups excluding carboxylic acids is 1. The standard InChI is InChI=1S/C23H26O3/c1-16(2)12-13-26-21-11-8-17(15-22(21)25-3)14-19-10-9-18-6-4-5-7-20(18)23(19)24/h4-8,11,14-16H,9-10,12-13H2,1-3H3. The number of rotatable bonds is 6. The van der Waals surface area contributed by atoms with E-state index in [1.54, 1.807) is 7.11 Å². The second-order valence-corrected chi connectivity index (χ2v) is 7.10. The molecular weight excluding hydrogens is 324 g/mol. The van der Waals surface area contributed by atoms with Gasteiger partial charge >= 0.3 is 0 Å². The number of hydrogen-bond donors (Lipinski definition) is 0. The first-order valence-corrected chi connectivity index (χ1v) is 9.22. The van der Waals surface area contributed by atoms with Gasteiger partial charge in [-0.3, -0.25) is 4.79 Å². The highest BCUT2D eigenvalue weighted by Gasteiger charge is 2.21. The van der Waals surface area contributed by atoms with Crippen LogP contribution in [0.3, 0.4) is 0 Å². The van der Waals surface area contributed by atoms with Gasteiger partial charge in [0.1, 0.15) is 0 Å². The van der Waals surface area contributed by atoms with E-state index in [0.717, 1.165) is 47.3 Å². The fourth-order valence-corrected chi connectivity index (χ4v) is 3.15. The van der Waals surface area contributed by atoms with E-state index in [2.05, 4.69) is 13.8 Å². The minimum absolute atomic E-state index is 0.128. The Hall–Kier alpha value is -2.55. The van der Waals surface area contributed by atoms with Crippen LogP contribution in [0.4, 0.5) is 0 Å². The molecule has 0 aromatic heterocycles. The number of fused-ring (bicyclic) bond motifs is 1. The second kappa shape index (κ2) is 8.22. The van der Waals surface area contributed by atoms with Crippen molar-refractivity contribution >= 4 is 11.9 Å². The van der Waals surface area contributed by atoms with Crippen molar-refractivity contribution < 1.29 is 14.3 Å². The van der Waals surface area contributed by atoms with Crippen LogP contribution in [0.25, 0.3) is 6.08 Å². The molecule has 1 aliphatic rings. The Morgan fingerprint density at radius 2 is 1.88 bits per heavy atom. The molecule has 0 saturated heterocycles. The Balaban J connectivity index is 1.80. The average Bonchev–Trinajstić information content (AvgIpc) is 2.65. The molecule has 0 heterocycles. The third-order valence-electron chi connectivity index (χ3n) is 4.70. The van der Waals surface area contributed by atoms with Gasteiger partial charge in [-0.1, -0.05) is 44.2 Å². The minimum atomic E-state index is 0.128. The van der Waals surface area contributed by atoms with Gasteiger partial charge in [0.15, 0.2) is 17.3 Å². The molecule has 0 spiro atoms. The first kappa shape index (κ1) is 18.2. The molecular formula is C23H26O3. The largest absolute Gasteiger partial charge is 0.493 e. The highest BCUT2D eigenvalue weighted by Crippen LogP contribution is 2.31. The zero-order valence-corrected chi connectivity index (χ0v) is 15.7. The van der Waals surface area contributed by atoms with E-state index in [-0.39, 0.29) is 5.78 Å². The van der Waals surface area contributed by atoms with Gasteiger partial charge in [0, 0.05) is 11.1 Å². The number of methoxy groups -OCH3 is 1. The summed E-state index contributed by atoms with van der Waals surface area (Å²) in [5, 5.41) is 0. The Kier molecular flexibility index (Phi) is 5.77. The van der Waals surface area contributed by atoms with E-state index < -0.39 is 0 Å². The summed E-state index contributed by atoms with van der Waals surface area (Å²) in [5.41, 5.74) is 3.77. The molecule has 2 aromatic rings. The van der Waals surface area contributed by atoms with Crippen molar-refractivity contribution in [1.82, 2.24) is 0 Å². The van der Waals surface area contributed by atoms with Crippen LogP contribution in [-0.2, 0) is 6.42 Å². The van der Waals surface area contributed by atoms with Gasteiger partial charge in [0.25, 0.3) is 0 Å². The third-order valence-corrected chi connectivity index (χ3v) is 4.70. The fourth-order valence-electron chi connectivity index (χ4n) is 3.15. The van der Waals surface area contributed by atoms with E-state index in [1.807, 2.05) is 48.5 Å². The first-order valence-electron chi connectivity index (χ1n) is 9.22. The van der Waals surface area contributed by atoms with Gasteiger partial charge in [0.2, 0.25) is 0 Å². The van der Waals surface area contributed by atoms with Crippen molar-refractivity contribution in [1.29, 1.82) is 0 Å². The molecule has 3 heteroatoms. The molecule has 0 radical (unpaired) electrons. The molecule has 0 aliphatic heterocycles. The molecule has 0 saturated carbocycles. The maximum atomic E-state index is 12.7. The van der Waals surface area contributed by atoms with Gasteiger partial charge in [-0.25, -0.2) is 0 Å². The zero-order valence-electron chi connectivity index (χ0n) is 15.7. The maximum absolute atomic E-state index is 12.7. The number of ether oxygens (including phenoxy) is 2. The SMILES string of the molecule is COc1cc(C=C2CCc3ccccc3C2=O)ccc1OCCC(C)C. The van der Waals surface area contributed by atoms with Gasteiger partial charge in [-0.2, -0.15) is 0 Å². The van der Waals surface area contributed by atoms with Crippen LogP contribution in [0.15, 0.2) is 48.0 Å². The van der Waals surface area contributed by atoms with Crippen LogP contribution >= 0.6 is 0 Å². The van der Waals surface area contributed by atoms with E-state index in [9.17, 15) is 4.79 Å². The number of carbonyl (C=O) groups is 1. The lowest BCUT2D eigenvalue weighted by molar-refractivity contribution is 0.102. The molecule has 2 aromatic carbocycles. The van der Waals surface area contributed by atoms with Crippen molar-refractivity contribution in [3.63, 3.8) is 0 Å². The van der Waals surface area contributed by atoms with Gasteiger partial charge < -0.3 is 9.47 Å². The predicted molar refractivity (Wildman–Crippen MR) is 105 cm³/mol. The molecule has 0 N–H and O–H groups in total. The summed E-state index contributed by atoms with van der Waals surface area (Å²) < 4.78 is 11.3. The molecule has 0 atom stereocenters. The van der Waals surface area contributed by atoms with Crippen LogP contribution in [0.1, 0.15) is 48.2 Å². The van der Waals surface area contributed by atoms with Crippen molar-refractivity contribution in [2.45, 2.75) is 33.1 Å². The van der Waals surface area contributed by atoms with Gasteiger partial charge in [-0.15, -0.1) is 0 Å². The van der Waals surface area contributed by atoms with E-state index in [1.165, 1.54) is 0 Å². The van der Waals surface area contributed by atoms with Crippen LogP contribution in [0, 0.1) is 5.92 Å². The fraction of sp³-hybridized carbons (Fsp3) is 0.348. The second-order valence-electron chi connectivity index (χ2n) is 7.10. The number of ketones is 1. The third kappa shape index (κ3) is 4.16. The molecule has 0 fully saturated rings. The molecule has 136 valence electrons. The summed E-state index contributed by atoms with van der Waals surface area (Å²) in [6.45, 7) is 5.02. The number of hydrogen-bond acceptors (Lipinski definition) is 3. The van der Waals surface area contributed by atoms with Crippen molar-refractivity contribution in [2.24, 2.45) is 5.92 Å². The summed E-state index contributed by atoms with van der Waals surface area (Å²) in [7, 11) is 1.64. The topological polar surface area (TPSA) is 35.5 Å². The Morgan fingerprint density at radius 3 is 2.65 bits per heavy atom. The maximum Gasteiger partial charge on any atom is 0.189 e. The van der Waals surface area contributed by atoms with E-state index in [4.69, 9.17) is 9.47 Å². The van der Waals surface area contributed by atoms with Crippen LogP contribution in [-0.4, -0.2) is 19.5 Å². The smallest absolute Gasteiger partial charge is 0.189 e. The highest BCUT2D eigenvalue weighted by atomic mass is 16.5. The molecule has 1 aliphatic carbocycles. The number of benzene rings is 2. The molecule has 0 unspecified atom stereocenters. The Labute approximate surface area is 155 Å². The number of Topliss-reactive ketones (excluding diaryl/α,β-unsaturated/α-hetero) is 1. The van der Waals surface area contributed by atoms with E-state index >= 15 is 0 Å². The summed E-state index contributed by atoms with van der Waals surface area (Å²) >= 11 is 0. The van der Waals surface area contributed by atoms with Crippen molar-refractivity contribution in [3.05, 3.63) is 64.7 Å². The summed E-state index contributed by atoms with van der Waals surface area (Å²) in [6.07, 6.45) is 4.65. The Bertz CT molecular complexity index is 818. The molecule has 3 rings (SSSR count). The summed E-state index contributed by atoms with van der Waals surface area (Å²) in [4.78, 5) is 12.7. The lowest BCUT2D eigenvalue weighted by Crippen LogP contribution is -2.13. The van der Waals surface area contributed by atoms with Crippen LogP contribution < -0.4 is 9.47 Å². The zero-order chi connectivity index (χ0) is 18.5. The highest BCUT2D eigenvalue weighted by molar-refractivity contribution is 6.13.